The summed E-state index contributed by atoms with van der Waals surface area (Å²) in [7, 11) is 0. The first kappa shape index (κ1) is 10.9. The van der Waals surface area contributed by atoms with Gasteiger partial charge < -0.3 is 5.32 Å². The van der Waals surface area contributed by atoms with E-state index in [-0.39, 0.29) is 11.7 Å². The van der Waals surface area contributed by atoms with Crippen molar-refractivity contribution in [2.24, 2.45) is 0 Å². The average Bonchev–Trinajstić information content (AvgIpc) is 2.11. The van der Waals surface area contributed by atoms with Crippen LogP contribution in [0, 0.1) is 0 Å². The van der Waals surface area contributed by atoms with Gasteiger partial charge in [0, 0.05) is 4.47 Å². The molecule has 0 atom stereocenters. The molecule has 0 radical (unpaired) electrons. The summed E-state index contributed by atoms with van der Waals surface area (Å²) in [5, 5.41) is 3.14. The lowest BCUT2D eigenvalue weighted by Gasteiger charge is -2.05. The van der Waals surface area contributed by atoms with Gasteiger partial charge in [-0.15, -0.1) is 0 Å². The first-order chi connectivity index (χ1) is 6.13. The van der Waals surface area contributed by atoms with Crippen LogP contribution in [-0.4, -0.2) is 11.7 Å². The molecule has 0 spiro atoms. The van der Waals surface area contributed by atoms with Gasteiger partial charge in [-0.3, -0.25) is 4.79 Å². The molecule has 0 bridgehead atoms. The highest BCUT2D eigenvalue weighted by Gasteiger charge is 2.03. The molecule has 5 heteroatoms. The summed E-state index contributed by atoms with van der Waals surface area (Å²) in [5.41, 5.74) is 0.593. The number of amides is 1. The summed E-state index contributed by atoms with van der Waals surface area (Å²) in [5.74, 6) is -0.0358. The van der Waals surface area contributed by atoms with Crippen LogP contribution in [-0.2, 0) is 4.79 Å². The van der Waals surface area contributed by atoms with Crippen LogP contribution in [0.1, 0.15) is 0 Å². The molecule has 1 N–H and O–H groups in total. The van der Waals surface area contributed by atoms with Crippen LogP contribution in [0.4, 0.5) is 5.69 Å². The van der Waals surface area contributed by atoms with E-state index in [0.29, 0.717) is 10.7 Å². The van der Waals surface area contributed by atoms with Gasteiger partial charge in [-0.1, -0.05) is 27.5 Å². The molecule has 1 rings (SSSR count). The van der Waals surface area contributed by atoms with Gasteiger partial charge in [0.1, 0.15) is 0 Å². The largest absolute Gasteiger partial charge is 0.324 e. The van der Waals surface area contributed by atoms with Crippen LogP contribution in [0.15, 0.2) is 22.7 Å². The zero-order valence-electron chi connectivity index (χ0n) is 6.55. The van der Waals surface area contributed by atoms with Crippen molar-refractivity contribution in [2.45, 2.75) is 0 Å². The molecule has 70 valence electrons. The minimum atomic E-state index is -0.177. The molecule has 0 saturated carbocycles. The Morgan fingerprint density at radius 3 is 2.92 bits per heavy atom. The molecule has 1 aromatic rings. The van der Waals surface area contributed by atoms with Crippen molar-refractivity contribution >= 4 is 51.8 Å². The second-order valence-corrected chi connectivity index (χ2v) is 3.97. The number of benzene rings is 1. The quantitative estimate of drug-likeness (QED) is 0.801. The van der Waals surface area contributed by atoms with Gasteiger partial charge in [0.15, 0.2) is 0 Å². The first-order valence-corrected chi connectivity index (χ1v) is 5.29. The third-order valence-electron chi connectivity index (χ3n) is 1.35. The van der Waals surface area contributed by atoms with E-state index in [1.165, 1.54) is 0 Å². The predicted molar refractivity (Wildman–Crippen MR) is 61.6 cm³/mol. The number of carbonyl (C=O) groups is 1. The zero-order valence-corrected chi connectivity index (χ0v) is 9.79. The van der Waals surface area contributed by atoms with Crippen molar-refractivity contribution in [3.8, 4) is 0 Å². The van der Waals surface area contributed by atoms with Crippen molar-refractivity contribution in [3.63, 3.8) is 0 Å². The number of hydrogen-bond donors (Lipinski definition) is 2. The van der Waals surface area contributed by atoms with Gasteiger partial charge in [0.05, 0.1) is 16.5 Å². The lowest BCUT2D eigenvalue weighted by Crippen LogP contribution is -2.12. The highest BCUT2D eigenvalue weighted by Crippen LogP contribution is 2.25. The Hall–Kier alpha value is -0.190. The fourth-order valence-electron chi connectivity index (χ4n) is 0.783. The molecule has 2 nitrogen and oxygen atoms in total. The van der Waals surface area contributed by atoms with Crippen LogP contribution in [0.3, 0.4) is 0 Å². The Labute approximate surface area is 95.2 Å². The number of halogens is 2. The summed E-state index contributed by atoms with van der Waals surface area (Å²) in [6.07, 6.45) is 0. The van der Waals surface area contributed by atoms with Crippen molar-refractivity contribution < 1.29 is 4.79 Å². The van der Waals surface area contributed by atoms with E-state index in [2.05, 4.69) is 33.9 Å². The number of thiol groups is 1. The maximum absolute atomic E-state index is 11.0. The van der Waals surface area contributed by atoms with Crippen LogP contribution in [0.5, 0.6) is 0 Å². The minimum absolute atomic E-state index is 0.142. The molecule has 0 fully saturated rings. The average molecular weight is 281 g/mol. The maximum Gasteiger partial charge on any atom is 0.234 e. The molecule has 0 aliphatic heterocycles. The van der Waals surface area contributed by atoms with Crippen molar-refractivity contribution in [1.82, 2.24) is 0 Å². The smallest absolute Gasteiger partial charge is 0.234 e. The minimum Gasteiger partial charge on any atom is -0.324 e. The summed E-state index contributed by atoms with van der Waals surface area (Å²) in [4.78, 5) is 11.0. The summed E-state index contributed by atoms with van der Waals surface area (Å²) in [6, 6.07) is 5.25. The predicted octanol–water partition coefficient (Wildman–Crippen LogP) is 2.97. The molecular formula is C8H7BrClNOS. The first-order valence-electron chi connectivity index (χ1n) is 3.49. The Bertz CT molecular complexity index is 332. The highest BCUT2D eigenvalue weighted by molar-refractivity contribution is 9.10. The number of hydrogen-bond acceptors (Lipinski definition) is 2. The van der Waals surface area contributed by atoms with Crippen LogP contribution in [0.25, 0.3) is 0 Å². The second-order valence-electron chi connectivity index (χ2n) is 2.33. The number of carbonyl (C=O) groups excluding carboxylic acids is 1. The number of nitrogens with one attached hydrogen (secondary N) is 1. The summed E-state index contributed by atoms with van der Waals surface area (Å²) in [6.45, 7) is 0. The van der Waals surface area contributed by atoms with E-state index in [9.17, 15) is 4.79 Å². The highest BCUT2D eigenvalue weighted by atomic mass is 79.9. The van der Waals surface area contributed by atoms with Crippen LogP contribution >= 0.6 is 40.2 Å². The molecular weight excluding hydrogens is 274 g/mol. The maximum atomic E-state index is 11.0. The number of anilines is 1. The Balaban J connectivity index is 2.87. The molecule has 0 aliphatic carbocycles. The van der Waals surface area contributed by atoms with Gasteiger partial charge in [0.25, 0.3) is 0 Å². The molecule has 1 amide bonds. The molecule has 0 heterocycles. The molecule has 0 saturated heterocycles. The van der Waals surface area contributed by atoms with E-state index in [1.807, 2.05) is 0 Å². The van der Waals surface area contributed by atoms with Gasteiger partial charge >= 0.3 is 0 Å². The number of rotatable bonds is 2. The third kappa shape index (κ3) is 3.21. The van der Waals surface area contributed by atoms with E-state index >= 15 is 0 Å². The lowest BCUT2D eigenvalue weighted by molar-refractivity contribution is -0.113. The molecule has 13 heavy (non-hydrogen) atoms. The normalized spacial score (nSPS) is 9.77. The van der Waals surface area contributed by atoms with Gasteiger partial charge in [-0.05, 0) is 18.2 Å². The van der Waals surface area contributed by atoms with Crippen molar-refractivity contribution in [2.75, 3.05) is 11.1 Å². The van der Waals surface area contributed by atoms with E-state index in [0.717, 1.165) is 4.47 Å². The Morgan fingerprint density at radius 2 is 2.31 bits per heavy atom. The fraction of sp³-hybridized carbons (Fsp3) is 0.125. The van der Waals surface area contributed by atoms with Crippen LogP contribution in [0.2, 0.25) is 5.02 Å². The van der Waals surface area contributed by atoms with Gasteiger partial charge in [-0.2, -0.15) is 12.6 Å². The SMILES string of the molecule is O=C(CS)Nc1cc(Br)ccc1Cl. The molecule has 1 aromatic carbocycles. The molecule has 0 unspecified atom stereocenters. The van der Waals surface area contributed by atoms with E-state index in [1.54, 1.807) is 18.2 Å². The monoisotopic (exact) mass is 279 g/mol. The van der Waals surface area contributed by atoms with E-state index < -0.39 is 0 Å². The standard InChI is InChI=1S/C8H7BrClNOS/c9-5-1-2-6(10)7(3-5)11-8(12)4-13/h1-3,13H,4H2,(H,11,12). The van der Waals surface area contributed by atoms with Gasteiger partial charge in [-0.25, -0.2) is 0 Å². The topological polar surface area (TPSA) is 29.1 Å². The van der Waals surface area contributed by atoms with E-state index in [4.69, 9.17) is 11.6 Å². The fourth-order valence-corrected chi connectivity index (χ4v) is 1.39. The zero-order chi connectivity index (χ0) is 9.84. The lowest BCUT2D eigenvalue weighted by atomic mass is 10.3. The molecule has 0 aromatic heterocycles. The Kier molecular flexibility index (Phi) is 4.09. The third-order valence-corrected chi connectivity index (χ3v) is 2.46. The van der Waals surface area contributed by atoms with Crippen LogP contribution < -0.4 is 5.32 Å². The van der Waals surface area contributed by atoms with Crippen molar-refractivity contribution in [3.05, 3.63) is 27.7 Å². The van der Waals surface area contributed by atoms with Gasteiger partial charge in [0.2, 0.25) is 5.91 Å². The Morgan fingerprint density at radius 1 is 1.62 bits per heavy atom. The van der Waals surface area contributed by atoms with Crippen molar-refractivity contribution in [1.29, 1.82) is 0 Å². The summed E-state index contributed by atoms with van der Waals surface area (Å²) >= 11 is 13.0. The second kappa shape index (κ2) is 4.88. The molecule has 0 aliphatic rings. The summed E-state index contributed by atoms with van der Waals surface area (Å²) < 4.78 is 0.867.